The minimum atomic E-state index is -2.76. The van der Waals surface area contributed by atoms with Crippen LogP contribution in [0, 0.1) is 5.92 Å². The van der Waals surface area contributed by atoms with Crippen LogP contribution >= 0.6 is 0 Å². The molecule has 0 spiro atoms. The molecule has 0 bridgehead atoms. The van der Waals surface area contributed by atoms with Crippen molar-refractivity contribution in [2.75, 3.05) is 24.7 Å². The monoisotopic (exact) mass is 289 g/mol. The lowest BCUT2D eigenvalue weighted by Gasteiger charge is -2.24. The summed E-state index contributed by atoms with van der Waals surface area (Å²) in [7, 11) is -2.76. The van der Waals surface area contributed by atoms with Crippen molar-refractivity contribution in [2.24, 2.45) is 5.92 Å². The molecule has 3 unspecified atom stereocenters. The summed E-state index contributed by atoms with van der Waals surface area (Å²) in [6.45, 7) is 3.93. The fourth-order valence-electron chi connectivity index (χ4n) is 3.35. The SMILES string of the molecule is CCNC(CCCC1CCCO1)C1CCS(=O)(=O)C1. The second-order valence-corrected chi connectivity index (χ2v) is 8.12. The van der Waals surface area contributed by atoms with Crippen LogP contribution in [-0.2, 0) is 14.6 Å². The van der Waals surface area contributed by atoms with E-state index in [-0.39, 0.29) is 0 Å². The van der Waals surface area contributed by atoms with Crippen molar-refractivity contribution in [2.45, 2.75) is 57.6 Å². The van der Waals surface area contributed by atoms with Crippen molar-refractivity contribution in [3.8, 4) is 0 Å². The van der Waals surface area contributed by atoms with Crippen LogP contribution in [0.1, 0.15) is 45.4 Å². The smallest absolute Gasteiger partial charge is 0.150 e. The fraction of sp³-hybridized carbons (Fsp3) is 1.00. The number of ether oxygens (including phenoxy) is 1. The van der Waals surface area contributed by atoms with Gasteiger partial charge in [-0.25, -0.2) is 8.42 Å². The highest BCUT2D eigenvalue weighted by atomic mass is 32.2. The van der Waals surface area contributed by atoms with Crippen LogP contribution in [0.25, 0.3) is 0 Å². The first kappa shape index (κ1) is 15.3. The first-order valence-corrected chi connectivity index (χ1v) is 9.48. The Morgan fingerprint density at radius 1 is 1.37 bits per heavy atom. The lowest BCUT2D eigenvalue weighted by molar-refractivity contribution is 0.101. The van der Waals surface area contributed by atoms with E-state index in [2.05, 4.69) is 12.2 Å². The highest BCUT2D eigenvalue weighted by Crippen LogP contribution is 2.26. The molecule has 0 aliphatic carbocycles. The molecule has 0 aromatic carbocycles. The first-order valence-electron chi connectivity index (χ1n) is 7.66. The first-order chi connectivity index (χ1) is 9.11. The van der Waals surface area contributed by atoms with Gasteiger partial charge < -0.3 is 10.1 Å². The van der Waals surface area contributed by atoms with Crippen molar-refractivity contribution in [1.29, 1.82) is 0 Å². The molecule has 4 nitrogen and oxygen atoms in total. The molecule has 2 aliphatic heterocycles. The van der Waals surface area contributed by atoms with Crippen LogP contribution in [-0.4, -0.2) is 45.2 Å². The Morgan fingerprint density at radius 2 is 2.21 bits per heavy atom. The van der Waals surface area contributed by atoms with Crippen molar-refractivity contribution in [3.05, 3.63) is 0 Å². The molecule has 3 atom stereocenters. The Morgan fingerprint density at radius 3 is 2.79 bits per heavy atom. The minimum Gasteiger partial charge on any atom is -0.378 e. The van der Waals surface area contributed by atoms with Crippen LogP contribution in [0.5, 0.6) is 0 Å². The van der Waals surface area contributed by atoms with E-state index in [9.17, 15) is 8.42 Å². The van der Waals surface area contributed by atoms with Crippen LogP contribution in [0.3, 0.4) is 0 Å². The van der Waals surface area contributed by atoms with E-state index >= 15 is 0 Å². The normalized spacial score (nSPS) is 31.6. The van der Waals surface area contributed by atoms with Gasteiger partial charge in [0.05, 0.1) is 17.6 Å². The van der Waals surface area contributed by atoms with E-state index in [0.29, 0.717) is 29.6 Å². The van der Waals surface area contributed by atoms with Crippen LogP contribution < -0.4 is 5.32 Å². The zero-order valence-corrected chi connectivity index (χ0v) is 12.8. The second kappa shape index (κ2) is 7.04. The third kappa shape index (κ3) is 4.72. The summed E-state index contributed by atoms with van der Waals surface area (Å²) in [5.74, 6) is 1.07. The molecule has 0 aromatic heterocycles. The van der Waals surface area contributed by atoms with Gasteiger partial charge in [0.2, 0.25) is 0 Å². The molecule has 112 valence electrons. The fourth-order valence-corrected chi connectivity index (χ4v) is 5.23. The number of sulfone groups is 1. The summed E-state index contributed by atoms with van der Waals surface area (Å²) in [5.41, 5.74) is 0. The largest absolute Gasteiger partial charge is 0.378 e. The zero-order chi connectivity index (χ0) is 13.7. The van der Waals surface area contributed by atoms with Gasteiger partial charge in [0, 0.05) is 12.6 Å². The van der Waals surface area contributed by atoms with Crippen molar-refractivity contribution >= 4 is 9.84 Å². The van der Waals surface area contributed by atoms with Gasteiger partial charge in [-0.05, 0) is 51.0 Å². The van der Waals surface area contributed by atoms with E-state index in [0.717, 1.165) is 38.8 Å². The molecule has 2 fully saturated rings. The average Bonchev–Trinajstić information content (AvgIpc) is 2.97. The van der Waals surface area contributed by atoms with Gasteiger partial charge >= 0.3 is 0 Å². The van der Waals surface area contributed by atoms with Gasteiger partial charge in [-0.3, -0.25) is 0 Å². The molecule has 5 heteroatoms. The van der Waals surface area contributed by atoms with Gasteiger partial charge in [0.15, 0.2) is 9.84 Å². The molecule has 2 saturated heterocycles. The highest BCUT2D eigenvalue weighted by molar-refractivity contribution is 7.91. The van der Waals surface area contributed by atoms with E-state index in [1.54, 1.807) is 0 Å². The number of rotatable bonds is 7. The third-order valence-corrected chi connectivity index (χ3v) is 6.16. The Bertz CT molecular complexity index is 363. The standard InChI is InChI=1S/C14H27NO3S/c1-2-15-14(12-8-10-19(16,17)11-12)7-3-5-13-6-4-9-18-13/h12-15H,2-11H2,1H3. The van der Waals surface area contributed by atoms with Crippen LogP contribution in [0.15, 0.2) is 0 Å². The maximum Gasteiger partial charge on any atom is 0.150 e. The zero-order valence-electron chi connectivity index (χ0n) is 11.9. The molecular formula is C14H27NO3S. The third-order valence-electron chi connectivity index (χ3n) is 4.37. The second-order valence-electron chi connectivity index (χ2n) is 5.89. The summed E-state index contributed by atoms with van der Waals surface area (Å²) in [6.07, 6.45) is 7.02. The summed E-state index contributed by atoms with van der Waals surface area (Å²) >= 11 is 0. The van der Waals surface area contributed by atoms with E-state index in [1.165, 1.54) is 12.8 Å². The molecular weight excluding hydrogens is 262 g/mol. The summed E-state index contributed by atoms with van der Waals surface area (Å²) in [5, 5.41) is 3.48. The van der Waals surface area contributed by atoms with Crippen LogP contribution in [0.2, 0.25) is 0 Å². The van der Waals surface area contributed by atoms with Crippen molar-refractivity contribution < 1.29 is 13.2 Å². The van der Waals surface area contributed by atoms with E-state index in [4.69, 9.17) is 4.74 Å². The molecule has 2 aliphatic rings. The van der Waals surface area contributed by atoms with Gasteiger partial charge in [-0.2, -0.15) is 0 Å². The lowest BCUT2D eigenvalue weighted by Crippen LogP contribution is -2.37. The number of nitrogens with one attached hydrogen (secondary N) is 1. The summed E-state index contributed by atoms with van der Waals surface area (Å²) in [4.78, 5) is 0. The number of hydrogen-bond donors (Lipinski definition) is 1. The molecule has 2 heterocycles. The average molecular weight is 289 g/mol. The summed E-state index contributed by atoms with van der Waals surface area (Å²) in [6, 6.07) is 0.365. The maximum atomic E-state index is 11.6. The predicted octanol–water partition coefficient (Wildman–Crippen LogP) is 1.75. The Hall–Kier alpha value is -0.130. The molecule has 0 aromatic rings. The van der Waals surface area contributed by atoms with Crippen molar-refractivity contribution in [3.63, 3.8) is 0 Å². The topological polar surface area (TPSA) is 55.4 Å². The van der Waals surface area contributed by atoms with Crippen molar-refractivity contribution in [1.82, 2.24) is 5.32 Å². The Labute approximate surface area is 117 Å². The lowest BCUT2D eigenvalue weighted by atomic mass is 9.93. The van der Waals surface area contributed by atoms with E-state index < -0.39 is 9.84 Å². The molecule has 1 N–H and O–H groups in total. The van der Waals surface area contributed by atoms with Gasteiger partial charge in [-0.15, -0.1) is 0 Å². The quantitative estimate of drug-likeness (QED) is 0.776. The van der Waals surface area contributed by atoms with Gasteiger partial charge in [-0.1, -0.05) is 6.92 Å². The highest BCUT2D eigenvalue weighted by Gasteiger charge is 2.33. The molecule has 0 saturated carbocycles. The van der Waals surface area contributed by atoms with Gasteiger partial charge in [0.1, 0.15) is 0 Å². The summed E-state index contributed by atoms with van der Waals surface area (Å²) < 4.78 is 28.8. The Balaban J connectivity index is 1.75. The molecule has 19 heavy (non-hydrogen) atoms. The number of hydrogen-bond acceptors (Lipinski definition) is 4. The molecule has 0 amide bonds. The predicted molar refractivity (Wildman–Crippen MR) is 77.1 cm³/mol. The molecule has 2 rings (SSSR count). The molecule has 0 radical (unpaired) electrons. The van der Waals surface area contributed by atoms with Gasteiger partial charge in [0.25, 0.3) is 0 Å². The van der Waals surface area contributed by atoms with Crippen LogP contribution in [0.4, 0.5) is 0 Å². The maximum absolute atomic E-state index is 11.6. The minimum absolute atomic E-state index is 0.314. The Kier molecular flexibility index (Phi) is 5.66. The van der Waals surface area contributed by atoms with E-state index in [1.807, 2.05) is 0 Å².